The number of carboxylic acids is 1. The second-order valence-corrected chi connectivity index (χ2v) is 11.5. The molecule has 2 aromatic heterocycles. The summed E-state index contributed by atoms with van der Waals surface area (Å²) in [5.74, 6) is -2.77. The van der Waals surface area contributed by atoms with Crippen molar-refractivity contribution >= 4 is 45.5 Å². The Balaban J connectivity index is 1.73. The molecule has 0 unspecified atom stereocenters. The molecule has 0 spiro atoms. The number of carboxylic acid groups (broad SMARTS) is 1. The number of para-hydroxylation sites is 2. The van der Waals surface area contributed by atoms with Gasteiger partial charge < -0.3 is 32.2 Å². The third kappa shape index (κ3) is 6.47. The number of aromatic amines is 1. The molecule has 4 rings (SSSR count). The number of nitrogens with two attached hydrogens (primary N) is 2. The predicted molar refractivity (Wildman–Crippen MR) is 156 cm³/mol. The van der Waals surface area contributed by atoms with E-state index in [1.54, 1.807) is 44.3 Å². The van der Waals surface area contributed by atoms with Crippen LogP contribution in [0.5, 0.6) is 0 Å². The lowest BCUT2D eigenvalue weighted by Gasteiger charge is -2.24. The summed E-state index contributed by atoms with van der Waals surface area (Å²) in [5.41, 5.74) is 12.2. The standard InChI is InChI=1S/C30H36N6O5/c1-29(2,31)27(40)34-22(13-17-15-33-21-11-7-5-9-19(17)21)25(37)36-16-18(20-10-6-8-12-24(20)36)14-23(26(38)39)35-28(41)30(3,4)32/h5-12,15-16,22-23,33H,13-14,31-32H2,1-4H3,(H,34,40)(H,35,41)(H,38,39)/t22-,23-/m1/s1. The lowest BCUT2D eigenvalue weighted by Crippen LogP contribution is -2.55. The van der Waals surface area contributed by atoms with Crippen molar-refractivity contribution in [3.63, 3.8) is 0 Å². The van der Waals surface area contributed by atoms with E-state index in [1.165, 1.54) is 18.4 Å². The average Bonchev–Trinajstić information content (AvgIpc) is 3.48. The second kappa shape index (κ2) is 11.2. The molecule has 41 heavy (non-hydrogen) atoms. The maximum atomic E-state index is 14.1. The topological polar surface area (TPSA) is 185 Å². The highest BCUT2D eigenvalue weighted by Crippen LogP contribution is 2.25. The lowest BCUT2D eigenvalue weighted by atomic mass is 10.0. The number of benzene rings is 2. The molecule has 11 heteroatoms. The third-order valence-corrected chi connectivity index (χ3v) is 6.93. The number of aromatic nitrogens is 2. The van der Waals surface area contributed by atoms with Crippen LogP contribution in [0.2, 0.25) is 0 Å². The molecule has 0 aliphatic carbocycles. The smallest absolute Gasteiger partial charge is 0.326 e. The Bertz CT molecular complexity index is 1620. The van der Waals surface area contributed by atoms with Gasteiger partial charge in [0.25, 0.3) is 5.91 Å². The molecular formula is C30H36N6O5. The maximum absolute atomic E-state index is 14.1. The monoisotopic (exact) mass is 560 g/mol. The zero-order valence-electron chi connectivity index (χ0n) is 23.5. The van der Waals surface area contributed by atoms with E-state index in [0.717, 1.165) is 16.5 Å². The van der Waals surface area contributed by atoms with Crippen molar-refractivity contribution < 1.29 is 24.3 Å². The summed E-state index contributed by atoms with van der Waals surface area (Å²) in [6.07, 6.45) is 3.47. The first-order chi connectivity index (χ1) is 19.2. The average molecular weight is 561 g/mol. The van der Waals surface area contributed by atoms with Gasteiger partial charge in [-0.1, -0.05) is 36.4 Å². The zero-order valence-corrected chi connectivity index (χ0v) is 23.5. The molecule has 2 atom stereocenters. The van der Waals surface area contributed by atoms with Crippen LogP contribution in [0.1, 0.15) is 43.6 Å². The SMILES string of the molecule is CC(C)(N)C(=O)N[C@H](Cc1cn(C(=O)[C@@H](Cc2c[nH]c3ccccc23)NC(=O)C(C)(C)N)c2ccccc12)C(=O)O. The number of fused-ring (bicyclic) bond motifs is 2. The van der Waals surface area contributed by atoms with E-state index in [9.17, 15) is 24.3 Å². The van der Waals surface area contributed by atoms with Gasteiger partial charge in [0.15, 0.2) is 0 Å². The van der Waals surface area contributed by atoms with Crippen molar-refractivity contribution in [2.75, 3.05) is 0 Å². The number of aliphatic carboxylic acids is 1. The van der Waals surface area contributed by atoms with E-state index in [0.29, 0.717) is 16.5 Å². The van der Waals surface area contributed by atoms with Gasteiger partial charge >= 0.3 is 5.97 Å². The van der Waals surface area contributed by atoms with E-state index < -0.39 is 46.9 Å². The van der Waals surface area contributed by atoms with Crippen LogP contribution < -0.4 is 22.1 Å². The minimum atomic E-state index is -1.28. The molecule has 216 valence electrons. The summed E-state index contributed by atoms with van der Waals surface area (Å²) in [6, 6.07) is 12.5. The third-order valence-electron chi connectivity index (χ3n) is 6.93. The number of nitrogens with zero attached hydrogens (tertiary/aromatic N) is 1. The Hall–Kier alpha value is -4.48. The Labute approximate surface area is 237 Å². The first-order valence-corrected chi connectivity index (χ1v) is 13.3. The second-order valence-electron chi connectivity index (χ2n) is 11.5. The van der Waals surface area contributed by atoms with Crippen LogP contribution in [0, 0.1) is 0 Å². The highest BCUT2D eigenvalue weighted by molar-refractivity contribution is 6.00. The van der Waals surface area contributed by atoms with Crippen molar-refractivity contribution in [2.24, 2.45) is 11.5 Å². The van der Waals surface area contributed by atoms with Crippen LogP contribution in [0.25, 0.3) is 21.8 Å². The number of amides is 2. The van der Waals surface area contributed by atoms with Gasteiger partial charge in [-0.3, -0.25) is 19.0 Å². The molecule has 11 nitrogen and oxygen atoms in total. The molecule has 0 saturated carbocycles. The van der Waals surface area contributed by atoms with Crippen LogP contribution >= 0.6 is 0 Å². The number of carbonyl (C=O) groups is 4. The largest absolute Gasteiger partial charge is 0.480 e. The Morgan fingerprint density at radius 2 is 1.37 bits per heavy atom. The fourth-order valence-electron chi connectivity index (χ4n) is 4.59. The molecule has 0 aliphatic heterocycles. The summed E-state index contributed by atoms with van der Waals surface area (Å²) in [7, 11) is 0. The van der Waals surface area contributed by atoms with Crippen molar-refractivity contribution in [3.8, 4) is 0 Å². The Kier molecular flexibility index (Phi) is 8.05. The van der Waals surface area contributed by atoms with Crippen molar-refractivity contribution in [2.45, 2.75) is 63.7 Å². The molecule has 2 heterocycles. The minimum Gasteiger partial charge on any atom is -0.480 e. The molecule has 4 aromatic rings. The molecule has 0 radical (unpaired) electrons. The highest BCUT2D eigenvalue weighted by Gasteiger charge is 2.32. The van der Waals surface area contributed by atoms with Gasteiger partial charge in [0.1, 0.15) is 12.1 Å². The first-order valence-electron chi connectivity index (χ1n) is 13.3. The molecular weight excluding hydrogens is 524 g/mol. The number of hydrogen-bond acceptors (Lipinski definition) is 6. The van der Waals surface area contributed by atoms with Crippen LogP contribution in [0.3, 0.4) is 0 Å². The number of hydrogen-bond donors (Lipinski definition) is 6. The van der Waals surface area contributed by atoms with E-state index in [1.807, 2.05) is 30.5 Å². The molecule has 0 bridgehead atoms. The van der Waals surface area contributed by atoms with E-state index in [-0.39, 0.29) is 12.8 Å². The predicted octanol–water partition coefficient (Wildman–Crippen LogP) is 2.08. The maximum Gasteiger partial charge on any atom is 0.326 e. The molecule has 2 aromatic carbocycles. The summed E-state index contributed by atoms with van der Waals surface area (Å²) in [6.45, 7) is 6.08. The fraction of sp³-hybridized carbons (Fsp3) is 0.333. The summed E-state index contributed by atoms with van der Waals surface area (Å²) >= 11 is 0. The summed E-state index contributed by atoms with van der Waals surface area (Å²) in [4.78, 5) is 54.8. The van der Waals surface area contributed by atoms with Gasteiger partial charge in [-0.2, -0.15) is 0 Å². The van der Waals surface area contributed by atoms with Crippen LogP contribution in [0.4, 0.5) is 0 Å². The normalized spacial score (nSPS) is 13.6. The van der Waals surface area contributed by atoms with Crippen LogP contribution in [0.15, 0.2) is 60.9 Å². The van der Waals surface area contributed by atoms with E-state index in [2.05, 4.69) is 15.6 Å². The van der Waals surface area contributed by atoms with Crippen molar-refractivity contribution in [1.82, 2.24) is 20.2 Å². The lowest BCUT2D eigenvalue weighted by molar-refractivity contribution is -0.142. The Morgan fingerprint density at radius 3 is 1.98 bits per heavy atom. The fourth-order valence-corrected chi connectivity index (χ4v) is 4.59. The minimum absolute atomic E-state index is 0.0900. The zero-order chi connectivity index (χ0) is 30.1. The molecule has 2 amide bonds. The quantitative estimate of drug-likeness (QED) is 0.171. The summed E-state index contributed by atoms with van der Waals surface area (Å²) < 4.78 is 1.42. The first kappa shape index (κ1) is 29.5. The molecule has 0 saturated heterocycles. The van der Waals surface area contributed by atoms with Crippen molar-refractivity contribution in [1.29, 1.82) is 0 Å². The van der Waals surface area contributed by atoms with Gasteiger partial charge in [0.2, 0.25) is 11.8 Å². The van der Waals surface area contributed by atoms with Gasteiger partial charge in [0, 0.05) is 41.5 Å². The molecule has 8 N–H and O–H groups in total. The van der Waals surface area contributed by atoms with Crippen LogP contribution in [-0.2, 0) is 27.2 Å². The summed E-state index contributed by atoms with van der Waals surface area (Å²) in [5, 5.41) is 16.7. The van der Waals surface area contributed by atoms with E-state index >= 15 is 0 Å². The Morgan fingerprint density at radius 1 is 0.829 bits per heavy atom. The van der Waals surface area contributed by atoms with Gasteiger partial charge in [0.05, 0.1) is 16.6 Å². The van der Waals surface area contributed by atoms with Gasteiger partial charge in [-0.15, -0.1) is 0 Å². The number of rotatable bonds is 10. The highest BCUT2D eigenvalue weighted by atomic mass is 16.4. The van der Waals surface area contributed by atoms with Gasteiger partial charge in [-0.05, 0) is 51.0 Å². The number of nitrogens with one attached hydrogen (secondary N) is 3. The van der Waals surface area contributed by atoms with Crippen LogP contribution in [-0.4, -0.2) is 61.5 Å². The number of carbonyl (C=O) groups excluding carboxylic acids is 3. The number of H-pyrrole nitrogens is 1. The van der Waals surface area contributed by atoms with E-state index in [4.69, 9.17) is 11.5 Å². The molecule has 0 fully saturated rings. The van der Waals surface area contributed by atoms with Gasteiger partial charge in [-0.25, -0.2) is 4.79 Å². The molecule has 0 aliphatic rings. The van der Waals surface area contributed by atoms with Crippen molar-refractivity contribution in [3.05, 3.63) is 72.1 Å².